The SMILES string of the molecule is CC1/C=C(c2cccc3c4ccccc4n(-c4ccc5oc6ccccc6c5c4)c23)\C=C/CN(C2=CCC=CC=C2)c2c1ccc1nc(-c3ccccc3)sc21. The molecule has 1 aliphatic heterocycles. The number of hydrogen-bond acceptors (Lipinski definition) is 4. The third-order valence-corrected chi connectivity index (χ3v) is 12.4. The van der Waals surface area contributed by atoms with Gasteiger partial charge in [0.25, 0.3) is 0 Å². The van der Waals surface area contributed by atoms with Gasteiger partial charge in [-0.2, -0.15) is 0 Å². The van der Waals surface area contributed by atoms with Crippen molar-refractivity contribution >= 4 is 76.6 Å². The Balaban J connectivity index is 1.13. The summed E-state index contributed by atoms with van der Waals surface area (Å²) in [6.07, 6.45) is 19.1. The maximum Gasteiger partial charge on any atom is 0.135 e. The molecule has 1 unspecified atom stereocenters. The van der Waals surface area contributed by atoms with Gasteiger partial charge >= 0.3 is 0 Å². The number of rotatable bonds is 4. The van der Waals surface area contributed by atoms with Gasteiger partial charge in [-0.15, -0.1) is 11.3 Å². The third kappa shape index (κ3) is 5.30. The predicted molar refractivity (Wildman–Crippen MR) is 237 cm³/mol. The Bertz CT molecular complexity index is 3170. The summed E-state index contributed by atoms with van der Waals surface area (Å²) in [6.45, 7) is 3.06. The van der Waals surface area contributed by atoms with E-state index in [1.165, 1.54) is 54.6 Å². The Labute approximate surface area is 328 Å². The van der Waals surface area contributed by atoms with E-state index in [-0.39, 0.29) is 5.92 Å². The number of benzene rings is 6. The number of furan rings is 1. The molecule has 6 aromatic carbocycles. The van der Waals surface area contributed by atoms with Crippen molar-refractivity contribution in [2.45, 2.75) is 19.3 Å². The summed E-state index contributed by atoms with van der Waals surface area (Å²) in [5.74, 6) is 0.104. The molecule has 3 aromatic heterocycles. The van der Waals surface area contributed by atoms with E-state index in [9.17, 15) is 0 Å². The van der Waals surface area contributed by atoms with Crippen LogP contribution in [0, 0.1) is 0 Å². The smallest absolute Gasteiger partial charge is 0.135 e. The molecule has 2 aliphatic rings. The summed E-state index contributed by atoms with van der Waals surface area (Å²) in [4.78, 5) is 7.68. The molecule has 11 rings (SSSR count). The highest BCUT2D eigenvalue weighted by molar-refractivity contribution is 7.22. The molecule has 0 N–H and O–H groups in total. The van der Waals surface area contributed by atoms with Gasteiger partial charge in [-0.25, -0.2) is 4.98 Å². The number of fused-ring (bicyclic) bond motifs is 9. The van der Waals surface area contributed by atoms with Crippen molar-refractivity contribution < 1.29 is 4.42 Å². The van der Waals surface area contributed by atoms with Crippen molar-refractivity contribution in [1.29, 1.82) is 0 Å². The summed E-state index contributed by atoms with van der Waals surface area (Å²) in [5, 5.41) is 5.77. The topological polar surface area (TPSA) is 34.2 Å². The number of para-hydroxylation sites is 3. The maximum absolute atomic E-state index is 6.26. The van der Waals surface area contributed by atoms with Crippen LogP contribution in [-0.2, 0) is 0 Å². The summed E-state index contributed by atoms with van der Waals surface area (Å²) in [5.41, 5.74) is 13.6. The van der Waals surface area contributed by atoms with Crippen molar-refractivity contribution in [3.8, 4) is 16.3 Å². The molecule has 1 aliphatic carbocycles. The van der Waals surface area contributed by atoms with E-state index in [4.69, 9.17) is 9.40 Å². The molecule has 268 valence electrons. The zero-order valence-corrected chi connectivity index (χ0v) is 31.7. The predicted octanol–water partition coefficient (Wildman–Crippen LogP) is 13.9. The average molecular weight is 740 g/mol. The summed E-state index contributed by atoms with van der Waals surface area (Å²) in [7, 11) is 0. The molecule has 0 spiro atoms. The zero-order chi connectivity index (χ0) is 37.2. The van der Waals surface area contributed by atoms with Gasteiger partial charge in [-0.3, -0.25) is 0 Å². The molecular weight excluding hydrogens is 703 g/mol. The highest BCUT2D eigenvalue weighted by Crippen LogP contribution is 2.45. The standard InChI is InChI=1S/C51H37N3OS/c1-33-31-35(17-14-30-53(36-18-7-2-3-8-19-36)49-38(33)27-28-44-50(49)56-51(52-44)34-15-5-4-6-16-34)39-22-13-23-42-40-20-9-11-24-45(40)54(48(39)42)37-26-29-47-43(32-37)41-21-10-12-25-46(41)55-47/h2-7,9-29,31-33H,8,30H2,1H3/b17-14-,35-31+. The summed E-state index contributed by atoms with van der Waals surface area (Å²) in [6, 6.07) is 45.6. The molecule has 0 radical (unpaired) electrons. The van der Waals surface area contributed by atoms with Gasteiger partial charge in [0.2, 0.25) is 0 Å². The van der Waals surface area contributed by atoms with Crippen LogP contribution in [0.1, 0.15) is 30.4 Å². The lowest BCUT2D eigenvalue weighted by Crippen LogP contribution is -2.23. The van der Waals surface area contributed by atoms with Gasteiger partial charge < -0.3 is 13.9 Å². The van der Waals surface area contributed by atoms with Gasteiger partial charge in [0.05, 0.1) is 26.9 Å². The highest BCUT2D eigenvalue weighted by Gasteiger charge is 2.25. The summed E-state index contributed by atoms with van der Waals surface area (Å²) < 4.78 is 9.93. The van der Waals surface area contributed by atoms with Crippen LogP contribution in [0.4, 0.5) is 5.69 Å². The molecule has 1 atom stereocenters. The Hall–Kier alpha value is -6.69. The first-order chi connectivity index (χ1) is 27.7. The Morgan fingerprint density at radius 1 is 0.714 bits per heavy atom. The van der Waals surface area contributed by atoms with Gasteiger partial charge in [0.15, 0.2) is 0 Å². The molecule has 0 fully saturated rings. The fourth-order valence-corrected chi connectivity index (χ4v) is 9.82. The molecular formula is C51H37N3OS. The Morgan fingerprint density at radius 3 is 2.46 bits per heavy atom. The molecule has 9 aromatic rings. The van der Waals surface area contributed by atoms with Crippen LogP contribution in [0.2, 0.25) is 0 Å². The molecule has 0 saturated carbocycles. The second-order valence-electron chi connectivity index (χ2n) is 14.6. The minimum absolute atomic E-state index is 0.104. The van der Waals surface area contributed by atoms with Crippen molar-refractivity contribution in [2.75, 3.05) is 11.4 Å². The number of anilines is 1. The van der Waals surface area contributed by atoms with Crippen LogP contribution in [0.25, 0.3) is 75.8 Å². The van der Waals surface area contributed by atoms with E-state index in [0.717, 1.165) is 50.1 Å². The number of aromatic nitrogens is 2. The van der Waals surface area contributed by atoms with E-state index in [1.54, 1.807) is 11.3 Å². The van der Waals surface area contributed by atoms with Crippen LogP contribution in [0.5, 0.6) is 0 Å². The van der Waals surface area contributed by atoms with E-state index in [1.807, 2.05) is 12.1 Å². The zero-order valence-electron chi connectivity index (χ0n) is 30.9. The average Bonchev–Trinajstić information content (AvgIpc) is 3.88. The Morgan fingerprint density at radius 2 is 1.54 bits per heavy atom. The molecule has 4 nitrogen and oxygen atoms in total. The van der Waals surface area contributed by atoms with Crippen molar-refractivity contribution in [3.05, 3.63) is 193 Å². The lowest BCUT2D eigenvalue weighted by molar-refractivity contribution is 0.669. The normalized spacial score (nSPS) is 17.4. The van der Waals surface area contributed by atoms with Crippen LogP contribution in [-0.4, -0.2) is 16.1 Å². The van der Waals surface area contributed by atoms with E-state index in [2.05, 4.69) is 180 Å². The van der Waals surface area contributed by atoms with Crippen LogP contribution >= 0.6 is 11.3 Å². The van der Waals surface area contributed by atoms with Crippen molar-refractivity contribution in [1.82, 2.24) is 9.55 Å². The molecule has 4 heterocycles. The molecule has 56 heavy (non-hydrogen) atoms. The minimum atomic E-state index is 0.104. The first-order valence-electron chi connectivity index (χ1n) is 19.3. The molecule has 0 amide bonds. The molecule has 0 bridgehead atoms. The van der Waals surface area contributed by atoms with Crippen LogP contribution in [0.3, 0.4) is 0 Å². The van der Waals surface area contributed by atoms with Crippen LogP contribution in [0.15, 0.2) is 186 Å². The lowest BCUT2D eigenvalue weighted by atomic mass is 9.93. The monoisotopic (exact) mass is 739 g/mol. The van der Waals surface area contributed by atoms with Crippen molar-refractivity contribution in [3.63, 3.8) is 0 Å². The Kier molecular flexibility index (Phi) is 7.75. The minimum Gasteiger partial charge on any atom is -0.456 e. The third-order valence-electron chi connectivity index (χ3n) is 11.3. The lowest BCUT2D eigenvalue weighted by Gasteiger charge is -2.28. The maximum atomic E-state index is 6.26. The van der Waals surface area contributed by atoms with Crippen molar-refractivity contribution in [2.24, 2.45) is 0 Å². The number of thiazole rings is 1. The van der Waals surface area contributed by atoms with Gasteiger partial charge in [-0.1, -0.05) is 140 Å². The first kappa shape index (κ1) is 32.7. The highest BCUT2D eigenvalue weighted by atomic mass is 32.1. The largest absolute Gasteiger partial charge is 0.456 e. The van der Waals surface area contributed by atoms with Gasteiger partial charge in [-0.05, 0) is 60.0 Å². The van der Waals surface area contributed by atoms with Gasteiger partial charge in [0, 0.05) is 56.5 Å². The van der Waals surface area contributed by atoms with E-state index >= 15 is 0 Å². The quantitative estimate of drug-likeness (QED) is 0.180. The first-order valence-corrected chi connectivity index (χ1v) is 20.1. The second-order valence-corrected chi connectivity index (χ2v) is 15.6. The molecule has 5 heteroatoms. The van der Waals surface area contributed by atoms with Crippen LogP contribution < -0.4 is 4.90 Å². The fourth-order valence-electron chi connectivity index (χ4n) is 8.69. The number of nitrogens with zero attached hydrogens (tertiary/aromatic N) is 3. The number of allylic oxidation sites excluding steroid dienone is 8. The number of hydrogen-bond donors (Lipinski definition) is 0. The summed E-state index contributed by atoms with van der Waals surface area (Å²) >= 11 is 1.79. The van der Waals surface area contributed by atoms with Gasteiger partial charge in [0.1, 0.15) is 16.2 Å². The van der Waals surface area contributed by atoms with E-state index < -0.39 is 0 Å². The second kappa shape index (κ2) is 13.3. The van der Waals surface area contributed by atoms with E-state index in [0.29, 0.717) is 6.54 Å². The fraction of sp³-hybridized carbons (Fsp3) is 0.0784. The molecule has 0 saturated heterocycles.